The number of aldehydes is 1. The molecule has 2 nitrogen and oxygen atoms in total. The van der Waals surface area contributed by atoms with E-state index in [4.69, 9.17) is 0 Å². The van der Waals surface area contributed by atoms with Crippen molar-refractivity contribution in [1.82, 2.24) is 0 Å². The molecule has 0 radical (unpaired) electrons. The number of carbonyl (C=O) groups excluding carboxylic acids is 2. The highest BCUT2D eigenvalue weighted by Gasteiger charge is 2.08. The highest BCUT2D eigenvalue weighted by Crippen LogP contribution is 2.19. The molecular weight excluding hydrogens is 232 g/mol. The van der Waals surface area contributed by atoms with E-state index < -0.39 is 0 Å². The Morgan fingerprint density at radius 1 is 1.54 bits per heavy atom. The van der Waals surface area contributed by atoms with Crippen molar-refractivity contribution in [2.75, 3.05) is 0 Å². The summed E-state index contributed by atoms with van der Waals surface area (Å²) in [5.74, 6) is 0.0376. The first-order valence-corrected chi connectivity index (χ1v) is 4.76. The van der Waals surface area contributed by atoms with Crippen LogP contribution in [0.25, 0.3) is 0 Å². The molecule has 1 rings (SSSR count). The lowest BCUT2D eigenvalue weighted by Crippen LogP contribution is -1.98. The molecule has 0 amide bonds. The molecule has 0 aliphatic carbocycles. The number of hydrogen-bond donors (Lipinski definition) is 0. The number of carbonyl (C=O) groups is 2. The van der Waals surface area contributed by atoms with E-state index in [-0.39, 0.29) is 5.78 Å². The van der Waals surface area contributed by atoms with Crippen molar-refractivity contribution in [3.63, 3.8) is 0 Å². The van der Waals surface area contributed by atoms with Gasteiger partial charge in [-0.3, -0.25) is 9.59 Å². The first-order chi connectivity index (χ1) is 6.19. The van der Waals surface area contributed by atoms with Gasteiger partial charge in [0.15, 0.2) is 5.78 Å². The van der Waals surface area contributed by atoms with Crippen molar-refractivity contribution in [2.24, 2.45) is 0 Å². The standard InChI is InChI=1S/C10H9BrO2/c1-2-10(13)8-5-7(6-12)3-4-9(8)11/h3-6H,2H2,1H3. The van der Waals surface area contributed by atoms with Crippen molar-refractivity contribution in [1.29, 1.82) is 0 Å². The van der Waals surface area contributed by atoms with Crippen molar-refractivity contribution < 1.29 is 9.59 Å². The smallest absolute Gasteiger partial charge is 0.163 e. The zero-order valence-electron chi connectivity index (χ0n) is 7.21. The summed E-state index contributed by atoms with van der Waals surface area (Å²) >= 11 is 3.26. The predicted octanol–water partition coefficient (Wildman–Crippen LogP) is 2.85. The van der Waals surface area contributed by atoms with Crippen LogP contribution in [0.2, 0.25) is 0 Å². The van der Waals surface area contributed by atoms with E-state index in [0.717, 1.165) is 10.8 Å². The van der Waals surface area contributed by atoms with Crippen LogP contribution in [-0.4, -0.2) is 12.1 Å². The van der Waals surface area contributed by atoms with Gasteiger partial charge >= 0.3 is 0 Å². The molecule has 0 heterocycles. The van der Waals surface area contributed by atoms with Gasteiger partial charge in [0.1, 0.15) is 6.29 Å². The van der Waals surface area contributed by atoms with Crippen LogP contribution >= 0.6 is 15.9 Å². The predicted molar refractivity (Wildman–Crippen MR) is 54.2 cm³/mol. The van der Waals surface area contributed by atoms with Crippen LogP contribution in [0.4, 0.5) is 0 Å². The second kappa shape index (κ2) is 4.33. The highest BCUT2D eigenvalue weighted by atomic mass is 79.9. The molecule has 0 aromatic heterocycles. The Balaban J connectivity index is 3.18. The average molecular weight is 241 g/mol. The minimum atomic E-state index is 0.0376. The van der Waals surface area contributed by atoms with Gasteiger partial charge in [-0.15, -0.1) is 0 Å². The summed E-state index contributed by atoms with van der Waals surface area (Å²) in [6.07, 6.45) is 1.18. The Kier molecular flexibility index (Phi) is 3.37. The SMILES string of the molecule is CCC(=O)c1cc(C=O)ccc1Br. The van der Waals surface area contributed by atoms with Crippen LogP contribution in [0.3, 0.4) is 0 Å². The summed E-state index contributed by atoms with van der Waals surface area (Å²) in [5.41, 5.74) is 1.10. The maximum atomic E-state index is 11.4. The van der Waals surface area contributed by atoms with Crippen molar-refractivity contribution in [2.45, 2.75) is 13.3 Å². The lowest BCUT2D eigenvalue weighted by molar-refractivity contribution is 0.0987. The van der Waals surface area contributed by atoms with Gasteiger partial charge in [0.05, 0.1) is 0 Å². The van der Waals surface area contributed by atoms with E-state index in [1.165, 1.54) is 0 Å². The molecule has 3 heteroatoms. The fraction of sp³-hybridized carbons (Fsp3) is 0.200. The lowest BCUT2D eigenvalue weighted by Gasteiger charge is -2.01. The summed E-state index contributed by atoms with van der Waals surface area (Å²) < 4.78 is 0.741. The minimum absolute atomic E-state index is 0.0376. The van der Waals surface area contributed by atoms with Gasteiger partial charge in [-0.25, -0.2) is 0 Å². The maximum absolute atomic E-state index is 11.4. The molecule has 0 atom stereocenters. The van der Waals surface area contributed by atoms with E-state index >= 15 is 0 Å². The first-order valence-electron chi connectivity index (χ1n) is 3.97. The number of Topliss-reactive ketones (excluding diaryl/α,β-unsaturated/α-hetero) is 1. The minimum Gasteiger partial charge on any atom is -0.298 e. The summed E-state index contributed by atoms with van der Waals surface area (Å²) in [4.78, 5) is 21.8. The molecule has 0 N–H and O–H groups in total. The van der Waals surface area contributed by atoms with E-state index in [9.17, 15) is 9.59 Å². The molecule has 0 unspecified atom stereocenters. The van der Waals surface area contributed by atoms with E-state index in [1.54, 1.807) is 25.1 Å². The Morgan fingerprint density at radius 3 is 2.77 bits per heavy atom. The van der Waals surface area contributed by atoms with E-state index in [0.29, 0.717) is 17.5 Å². The fourth-order valence-electron chi connectivity index (χ4n) is 1.02. The highest BCUT2D eigenvalue weighted by molar-refractivity contribution is 9.10. The third kappa shape index (κ3) is 2.25. The topological polar surface area (TPSA) is 34.1 Å². The molecule has 0 saturated carbocycles. The molecule has 0 spiro atoms. The van der Waals surface area contributed by atoms with Gasteiger partial charge in [-0.2, -0.15) is 0 Å². The number of rotatable bonds is 3. The first kappa shape index (κ1) is 10.1. The largest absolute Gasteiger partial charge is 0.298 e. The van der Waals surface area contributed by atoms with Crippen molar-refractivity contribution in [3.05, 3.63) is 33.8 Å². The number of benzene rings is 1. The Hall–Kier alpha value is -0.960. The molecule has 0 aliphatic heterocycles. The number of hydrogen-bond acceptors (Lipinski definition) is 2. The second-order valence-electron chi connectivity index (χ2n) is 2.63. The monoisotopic (exact) mass is 240 g/mol. The lowest BCUT2D eigenvalue weighted by atomic mass is 10.1. The van der Waals surface area contributed by atoms with E-state index in [2.05, 4.69) is 15.9 Å². The van der Waals surface area contributed by atoms with Gasteiger partial charge in [-0.1, -0.05) is 28.9 Å². The van der Waals surface area contributed by atoms with Crippen molar-refractivity contribution in [3.8, 4) is 0 Å². The van der Waals surface area contributed by atoms with Crippen LogP contribution in [0.1, 0.15) is 34.1 Å². The molecule has 0 fully saturated rings. The quantitative estimate of drug-likeness (QED) is 0.602. The van der Waals surface area contributed by atoms with Gasteiger partial charge in [0.25, 0.3) is 0 Å². The normalized spacial score (nSPS) is 9.69. The molecule has 0 aliphatic rings. The maximum Gasteiger partial charge on any atom is 0.163 e. The van der Waals surface area contributed by atoms with Crippen LogP contribution in [0, 0.1) is 0 Å². The Labute approximate surface area is 85.1 Å². The van der Waals surface area contributed by atoms with Crippen LogP contribution in [0.15, 0.2) is 22.7 Å². The van der Waals surface area contributed by atoms with Crippen LogP contribution in [0.5, 0.6) is 0 Å². The van der Waals surface area contributed by atoms with Crippen molar-refractivity contribution >= 4 is 28.0 Å². The van der Waals surface area contributed by atoms with Crippen LogP contribution in [-0.2, 0) is 0 Å². The van der Waals surface area contributed by atoms with Crippen LogP contribution < -0.4 is 0 Å². The molecule has 1 aromatic carbocycles. The Morgan fingerprint density at radius 2 is 2.23 bits per heavy atom. The molecule has 0 saturated heterocycles. The van der Waals surface area contributed by atoms with E-state index in [1.807, 2.05) is 0 Å². The molecule has 68 valence electrons. The zero-order valence-corrected chi connectivity index (χ0v) is 8.80. The summed E-state index contributed by atoms with van der Waals surface area (Å²) in [5, 5.41) is 0. The second-order valence-corrected chi connectivity index (χ2v) is 3.49. The molecular formula is C10H9BrO2. The number of halogens is 1. The molecule has 13 heavy (non-hydrogen) atoms. The number of ketones is 1. The fourth-order valence-corrected chi connectivity index (χ4v) is 1.49. The molecule has 0 bridgehead atoms. The third-order valence-electron chi connectivity index (χ3n) is 1.75. The summed E-state index contributed by atoms with van der Waals surface area (Å²) in [6.45, 7) is 1.79. The van der Waals surface area contributed by atoms with Gasteiger partial charge in [0, 0.05) is 22.0 Å². The summed E-state index contributed by atoms with van der Waals surface area (Å²) in [7, 11) is 0. The van der Waals surface area contributed by atoms with Gasteiger partial charge in [0.2, 0.25) is 0 Å². The summed E-state index contributed by atoms with van der Waals surface area (Å²) in [6, 6.07) is 4.99. The third-order valence-corrected chi connectivity index (χ3v) is 2.44. The molecule has 1 aromatic rings. The van der Waals surface area contributed by atoms with Gasteiger partial charge < -0.3 is 0 Å². The zero-order chi connectivity index (χ0) is 9.84. The van der Waals surface area contributed by atoms with Gasteiger partial charge in [-0.05, 0) is 12.1 Å². The average Bonchev–Trinajstić information content (AvgIpc) is 2.17. The Bertz CT molecular complexity index is 345.